The summed E-state index contributed by atoms with van der Waals surface area (Å²) in [7, 11) is -2.45. The number of aromatic hydroxyl groups is 2. The molecular formula is C16H14O9S. The van der Waals surface area contributed by atoms with E-state index in [-0.39, 0.29) is 11.1 Å². The number of methoxy groups -OCH3 is 2. The van der Waals surface area contributed by atoms with Gasteiger partial charge in [-0.1, -0.05) is 12.1 Å². The molecule has 10 heteroatoms. The van der Waals surface area contributed by atoms with E-state index in [1.165, 1.54) is 18.2 Å². The van der Waals surface area contributed by atoms with Crippen LogP contribution in [0.25, 0.3) is 0 Å². The largest absolute Gasteiger partial charge is 0.504 e. The highest BCUT2D eigenvalue weighted by Gasteiger charge is 2.27. The van der Waals surface area contributed by atoms with Crippen LogP contribution in [0.2, 0.25) is 0 Å². The van der Waals surface area contributed by atoms with Crippen molar-refractivity contribution >= 4 is 22.1 Å². The number of esters is 2. The number of carbonyl (C=O) groups is 2. The van der Waals surface area contributed by atoms with Crippen LogP contribution in [-0.4, -0.2) is 44.8 Å². The Hall–Kier alpha value is -3.27. The minimum absolute atomic E-state index is 0.255. The monoisotopic (exact) mass is 382 g/mol. The summed E-state index contributed by atoms with van der Waals surface area (Å²) in [5.74, 6) is -4.22. The molecule has 0 heterocycles. The molecule has 138 valence electrons. The summed E-state index contributed by atoms with van der Waals surface area (Å²) < 4.78 is 38.8. The Balaban J connectivity index is 2.53. The predicted octanol–water partition coefficient (Wildman–Crippen LogP) is 1.44. The molecule has 0 bridgehead atoms. The molecule has 0 radical (unpaired) electrons. The van der Waals surface area contributed by atoms with E-state index in [1.807, 2.05) is 0 Å². The molecule has 0 aliphatic rings. The zero-order chi connectivity index (χ0) is 19.5. The SMILES string of the molecule is COC(=O)c1cc(O)c(O)c(OS(=O)(=O)c2ccccc2C(=O)OC)c1. The van der Waals surface area contributed by atoms with Gasteiger partial charge in [0.15, 0.2) is 11.5 Å². The summed E-state index contributed by atoms with van der Waals surface area (Å²) >= 11 is 0. The maximum absolute atomic E-state index is 12.5. The second-order valence-corrected chi connectivity index (χ2v) is 6.37. The molecule has 0 aliphatic heterocycles. The molecular weight excluding hydrogens is 368 g/mol. The predicted molar refractivity (Wildman–Crippen MR) is 86.7 cm³/mol. The van der Waals surface area contributed by atoms with Gasteiger partial charge >= 0.3 is 22.1 Å². The molecule has 0 fully saturated rings. The van der Waals surface area contributed by atoms with Gasteiger partial charge in [-0.2, -0.15) is 8.42 Å². The molecule has 0 unspecified atom stereocenters. The van der Waals surface area contributed by atoms with E-state index in [0.29, 0.717) is 0 Å². The number of phenols is 2. The molecule has 2 N–H and O–H groups in total. The van der Waals surface area contributed by atoms with Crippen molar-refractivity contribution in [1.82, 2.24) is 0 Å². The highest BCUT2D eigenvalue weighted by Crippen LogP contribution is 2.38. The Morgan fingerprint density at radius 1 is 0.962 bits per heavy atom. The molecule has 0 aliphatic carbocycles. The Bertz CT molecular complexity index is 964. The van der Waals surface area contributed by atoms with Crippen LogP contribution in [0.5, 0.6) is 17.2 Å². The van der Waals surface area contributed by atoms with Crippen LogP contribution in [0.15, 0.2) is 41.3 Å². The first-order chi connectivity index (χ1) is 12.2. The minimum Gasteiger partial charge on any atom is -0.504 e. The van der Waals surface area contributed by atoms with Crippen LogP contribution in [0.4, 0.5) is 0 Å². The summed E-state index contributed by atoms with van der Waals surface area (Å²) in [5.41, 5.74) is -0.544. The normalized spacial score (nSPS) is 10.8. The van der Waals surface area contributed by atoms with E-state index < -0.39 is 44.2 Å². The molecule has 0 saturated heterocycles. The zero-order valence-corrected chi connectivity index (χ0v) is 14.4. The van der Waals surface area contributed by atoms with Gasteiger partial charge in [-0.05, 0) is 18.2 Å². The second-order valence-electron chi connectivity index (χ2n) is 4.86. The van der Waals surface area contributed by atoms with Crippen LogP contribution < -0.4 is 4.18 Å². The zero-order valence-electron chi connectivity index (χ0n) is 13.6. The van der Waals surface area contributed by atoms with Gasteiger partial charge in [-0.25, -0.2) is 9.59 Å². The number of benzene rings is 2. The van der Waals surface area contributed by atoms with E-state index in [4.69, 9.17) is 4.18 Å². The number of ether oxygens (including phenoxy) is 2. The second kappa shape index (κ2) is 7.31. The third-order valence-electron chi connectivity index (χ3n) is 3.24. The lowest BCUT2D eigenvalue weighted by Crippen LogP contribution is -2.15. The van der Waals surface area contributed by atoms with Crippen molar-refractivity contribution in [2.75, 3.05) is 14.2 Å². The maximum atomic E-state index is 12.5. The van der Waals surface area contributed by atoms with Crippen molar-refractivity contribution in [2.45, 2.75) is 4.90 Å². The lowest BCUT2D eigenvalue weighted by atomic mass is 10.2. The molecule has 0 atom stereocenters. The van der Waals surface area contributed by atoms with Gasteiger partial charge in [-0.15, -0.1) is 0 Å². The van der Waals surface area contributed by atoms with Gasteiger partial charge in [0.05, 0.1) is 25.3 Å². The standard InChI is InChI=1S/C16H14O9S/c1-23-15(19)9-7-11(17)14(18)12(8-9)25-26(21,22)13-6-4-3-5-10(13)16(20)24-2/h3-8,17-18H,1-2H3. The van der Waals surface area contributed by atoms with E-state index >= 15 is 0 Å². The van der Waals surface area contributed by atoms with Crippen LogP contribution in [-0.2, 0) is 19.6 Å². The van der Waals surface area contributed by atoms with Crippen LogP contribution in [0, 0.1) is 0 Å². The van der Waals surface area contributed by atoms with Crippen LogP contribution in [0.3, 0.4) is 0 Å². The highest BCUT2D eigenvalue weighted by atomic mass is 32.2. The maximum Gasteiger partial charge on any atom is 0.340 e. The lowest BCUT2D eigenvalue weighted by molar-refractivity contribution is 0.0589. The van der Waals surface area contributed by atoms with Gasteiger partial charge < -0.3 is 23.9 Å². The average molecular weight is 382 g/mol. The molecule has 9 nitrogen and oxygen atoms in total. The van der Waals surface area contributed by atoms with Crippen molar-refractivity contribution in [3.63, 3.8) is 0 Å². The molecule has 0 amide bonds. The summed E-state index contributed by atoms with van der Waals surface area (Å²) in [6.07, 6.45) is 0. The third kappa shape index (κ3) is 3.70. The fourth-order valence-electron chi connectivity index (χ4n) is 2.02. The first-order valence-electron chi connectivity index (χ1n) is 6.97. The summed E-state index contributed by atoms with van der Waals surface area (Å²) in [4.78, 5) is 22.8. The quantitative estimate of drug-likeness (QED) is 0.447. The Morgan fingerprint density at radius 2 is 1.58 bits per heavy atom. The number of hydrogen-bond acceptors (Lipinski definition) is 9. The first-order valence-corrected chi connectivity index (χ1v) is 8.38. The number of rotatable bonds is 5. The minimum atomic E-state index is -4.61. The van der Waals surface area contributed by atoms with Gasteiger partial charge in [-0.3, -0.25) is 0 Å². The van der Waals surface area contributed by atoms with E-state index in [0.717, 1.165) is 32.4 Å². The molecule has 0 aromatic heterocycles. The molecule has 26 heavy (non-hydrogen) atoms. The van der Waals surface area contributed by atoms with Gasteiger partial charge in [0.25, 0.3) is 0 Å². The third-order valence-corrected chi connectivity index (χ3v) is 4.53. The average Bonchev–Trinajstić information content (AvgIpc) is 2.63. The van der Waals surface area contributed by atoms with Crippen molar-refractivity contribution in [1.29, 1.82) is 0 Å². The summed E-state index contributed by atoms with van der Waals surface area (Å²) in [5, 5.41) is 19.5. The van der Waals surface area contributed by atoms with Crippen molar-refractivity contribution in [3.8, 4) is 17.2 Å². The number of phenolic OH excluding ortho intramolecular Hbond substituents is 2. The van der Waals surface area contributed by atoms with Crippen molar-refractivity contribution in [2.24, 2.45) is 0 Å². The highest BCUT2D eigenvalue weighted by molar-refractivity contribution is 7.87. The van der Waals surface area contributed by atoms with Gasteiger partial charge in [0.2, 0.25) is 5.75 Å². The number of carbonyl (C=O) groups excluding carboxylic acids is 2. The van der Waals surface area contributed by atoms with Gasteiger partial charge in [0, 0.05) is 6.07 Å². The topological polar surface area (TPSA) is 136 Å². The summed E-state index contributed by atoms with van der Waals surface area (Å²) in [6.45, 7) is 0. The fourth-order valence-corrected chi connectivity index (χ4v) is 3.14. The molecule has 2 rings (SSSR count). The fraction of sp³-hybridized carbons (Fsp3) is 0.125. The van der Waals surface area contributed by atoms with Crippen molar-refractivity contribution < 1.29 is 41.9 Å². The van der Waals surface area contributed by atoms with E-state index in [1.54, 1.807) is 0 Å². The first kappa shape index (κ1) is 19.1. The van der Waals surface area contributed by atoms with Crippen LogP contribution >= 0.6 is 0 Å². The summed E-state index contributed by atoms with van der Waals surface area (Å²) in [6, 6.07) is 6.84. The Labute approximate surface area is 148 Å². The smallest absolute Gasteiger partial charge is 0.340 e. The van der Waals surface area contributed by atoms with E-state index in [2.05, 4.69) is 9.47 Å². The van der Waals surface area contributed by atoms with Crippen molar-refractivity contribution in [3.05, 3.63) is 47.5 Å². The van der Waals surface area contributed by atoms with E-state index in [9.17, 15) is 28.2 Å². The van der Waals surface area contributed by atoms with Gasteiger partial charge in [0.1, 0.15) is 4.90 Å². The number of hydrogen-bond donors (Lipinski definition) is 2. The molecule has 0 spiro atoms. The van der Waals surface area contributed by atoms with Crippen LogP contribution in [0.1, 0.15) is 20.7 Å². The Morgan fingerprint density at radius 3 is 2.19 bits per heavy atom. The lowest BCUT2D eigenvalue weighted by Gasteiger charge is -2.12. The molecule has 2 aromatic rings. The molecule has 2 aromatic carbocycles. The Kier molecular flexibility index (Phi) is 5.36. The molecule has 0 saturated carbocycles.